The van der Waals surface area contributed by atoms with Gasteiger partial charge in [0.25, 0.3) is 0 Å². The first-order valence-electron chi connectivity index (χ1n) is 6.46. The fraction of sp³-hybridized carbons (Fsp3) is 0.500. The van der Waals surface area contributed by atoms with Gasteiger partial charge < -0.3 is 0 Å². The van der Waals surface area contributed by atoms with Crippen LogP contribution >= 0.6 is 0 Å². The number of nitriles is 1. The summed E-state index contributed by atoms with van der Waals surface area (Å²) < 4.78 is 26.6. The second-order valence-electron chi connectivity index (χ2n) is 4.90. The highest BCUT2D eigenvalue weighted by Gasteiger charge is 2.17. The molecule has 0 aliphatic rings. The van der Waals surface area contributed by atoms with E-state index in [1.165, 1.54) is 12.1 Å². The average Bonchev–Trinajstić information content (AvgIpc) is 2.37. The molecule has 0 radical (unpaired) electrons. The summed E-state index contributed by atoms with van der Waals surface area (Å²) in [6.45, 7) is 4.70. The molecule has 0 saturated heterocycles. The molecule has 1 aromatic carbocycles. The van der Waals surface area contributed by atoms with Gasteiger partial charge in [0, 0.05) is 6.54 Å². The molecule has 0 saturated carbocycles. The van der Waals surface area contributed by atoms with Crippen molar-refractivity contribution in [3.05, 3.63) is 29.8 Å². The smallest absolute Gasteiger partial charge is 0.211 e. The number of unbranched alkanes of at least 4 members (excludes halogenated alkanes) is 1. The molecular formula is C14H20N2O2S. The highest BCUT2D eigenvalue weighted by Crippen LogP contribution is 2.14. The van der Waals surface area contributed by atoms with Crippen molar-refractivity contribution in [1.82, 2.24) is 4.72 Å². The number of nitrogens with one attached hydrogen (secondary N) is 1. The van der Waals surface area contributed by atoms with E-state index in [9.17, 15) is 8.42 Å². The molecule has 0 fully saturated rings. The number of nitrogens with zero attached hydrogens (tertiary/aromatic N) is 1. The van der Waals surface area contributed by atoms with Crippen molar-refractivity contribution in [1.29, 1.82) is 5.26 Å². The topological polar surface area (TPSA) is 70.0 Å². The molecule has 19 heavy (non-hydrogen) atoms. The lowest BCUT2D eigenvalue weighted by Gasteiger charge is -2.08. The highest BCUT2D eigenvalue weighted by molar-refractivity contribution is 7.89. The summed E-state index contributed by atoms with van der Waals surface area (Å²) in [4.78, 5) is 0.0568. The molecule has 0 aromatic heterocycles. The molecule has 0 atom stereocenters. The van der Waals surface area contributed by atoms with Gasteiger partial charge >= 0.3 is 0 Å². The monoisotopic (exact) mass is 280 g/mol. The zero-order chi connectivity index (χ0) is 14.3. The maximum absolute atomic E-state index is 12.0. The fourth-order valence-corrected chi connectivity index (χ4v) is 2.98. The van der Waals surface area contributed by atoms with Crippen molar-refractivity contribution in [2.45, 2.75) is 38.0 Å². The SMILES string of the molecule is CC(C)CCCCNS(=O)(=O)c1ccccc1C#N. The van der Waals surface area contributed by atoms with E-state index in [-0.39, 0.29) is 10.5 Å². The molecule has 1 aromatic rings. The van der Waals surface area contributed by atoms with E-state index in [1.807, 2.05) is 6.07 Å². The molecule has 4 nitrogen and oxygen atoms in total. The van der Waals surface area contributed by atoms with Crippen molar-refractivity contribution < 1.29 is 8.42 Å². The van der Waals surface area contributed by atoms with E-state index in [1.54, 1.807) is 12.1 Å². The molecule has 5 heteroatoms. The van der Waals surface area contributed by atoms with E-state index < -0.39 is 10.0 Å². The Hall–Kier alpha value is -1.38. The van der Waals surface area contributed by atoms with Crippen molar-refractivity contribution in [3.63, 3.8) is 0 Å². The fourth-order valence-electron chi connectivity index (χ4n) is 1.76. The van der Waals surface area contributed by atoms with Crippen LogP contribution in [-0.4, -0.2) is 15.0 Å². The third kappa shape index (κ3) is 5.01. The van der Waals surface area contributed by atoms with Crippen LogP contribution in [0.1, 0.15) is 38.7 Å². The summed E-state index contributed by atoms with van der Waals surface area (Å²) in [5.41, 5.74) is 0.178. The third-order valence-corrected chi connectivity index (χ3v) is 4.32. The van der Waals surface area contributed by atoms with Gasteiger partial charge in [0.15, 0.2) is 0 Å². The van der Waals surface area contributed by atoms with E-state index >= 15 is 0 Å². The van der Waals surface area contributed by atoms with E-state index in [0.717, 1.165) is 19.3 Å². The first kappa shape index (κ1) is 15.7. The van der Waals surface area contributed by atoms with E-state index in [2.05, 4.69) is 18.6 Å². The number of sulfonamides is 1. The van der Waals surface area contributed by atoms with Crippen LogP contribution in [0.15, 0.2) is 29.2 Å². The Morgan fingerprint density at radius 1 is 1.26 bits per heavy atom. The number of benzene rings is 1. The van der Waals surface area contributed by atoms with Gasteiger partial charge in [-0.15, -0.1) is 0 Å². The van der Waals surface area contributed by atoms with Gasteiger partial charge in [0.05, 0.1) is 10.5 Å². The molecule has 0 aliphatic heterocycles. The van der Waals surface area contributed by atoms with Crippen LogP contribution in [-0.2, 0) is 10.0 Å². The number of hydrogen-bond acceptors (Lipinski definition) is 3. The molecule has 0 aliphatic carbocycles. The summed E-state index contributed by atoms with van der Waals surface area (Å²) in [7, 11) is -3.58. The average molecular weight is 280 g/mol. The van der Waals surface area contributed by atoms with Gasteiger partial charge in [-0.3, -0.25) is 0 Å². The Balaban J connectivity index is 2.60. The van der Waals surface area contributed by atoms with Crippen LogP contribution in [0.2, 0.25) is 0 Å². The first-order valence-corrected chi connectivity index (χ1v) is 7.94. The molecule has 0 spiro atoms. The van der Waals surface area contributed by atoms with Crippen LogP contribution in [0.5, 0.6) is 0 Å². The zero-order valence-electron chi connectivity index (χ0n) is 11.4. The van der Waals surface area contributed by atoms with Crippen molar-refractivity contribution in [3.8, 4) is 6.07 Å². The maximum atomic E-state index is 12.0. The maximum Gasteiger partial charge on any atom is 0.241 e. The Kier molecular flexibility index (Phi) is 6.00. The molecule has 1 N–H and O–H groups in total. The molecule has 104 valence electrons. The summed E-state index contributed by atoms with van der Waals surface area (Å²) in [6.07, 6.45) is 2.91. The molecule has 0 bridgehead atoms. The summed E-state index contributed by atoms with van der Waals surface area (Å²) >= 11 is 0. The van der Waals surface area contributed by atoms with Crippen molar-refractivity contribution in [2.24, 2.45) is 5.92 Å². The molecule has 0 heterocycles. The summed E-state index contributed by atoms with van der Waals surface area (Å²) in [6, 6.07) is 8.13. The predicted molar refractivity (Wildman–Crippen MR) is 75.0 cm³/mol. The van der Waals surface area contributed by atoms with Crippen LogP contribution in [0.4, 0.5) is 0 Å². The first-order chi connectivity index (χ1) is 8.97. The Labute approximate surface area is 115 Å². The number of hydrogen-bond donors (Lipinski definition) is 1. The highest BCUT2D eigenvalue weighted by atomic mass is 32.2. The summed E-state index contributed by atoms with van der Waals surface area (Å²) in [5.74, 6) is 0.635. The quantitative estimate of drug-likeness (QED) is 0.781. The van der Waals surface area contributed by atoms with Crippen LogP contribution in [0.25, 0.3) is 0 Å². The van der Waals surface area contributed by atoms with Gasteiger partial charge in [0.2, 0.25) is 10.0 Å². The molecule has 0 unspecified atom stereocenters. The lowest BCUT2D eigenvalue weighted by molar-refractivity contribution is 0.530. The molecular weight excluding hydrogens is 260 g/mol. The Morgan fingerprint density at radius 2 is 1.95 bits per heavy atom. The van der Waals surface area contributed by atoms with Crippen molar-refractivity contribution in [2.75, 3.05) is 6.54 Å². The standard InChI is InChI=1S/C14H20N2O2S/c1-12(2)7-5-6-10-16-19(17,18)14-9-4-3-8-13(14)11-15/h3-4,8-9,12,16H,5-7,10H2,1-2H3. The second-order valence-corrected chi connectivity index (χ2v) is 6.63. The number of rotatable bonds is 7. The van der Waals surface area contributed by atoms with Crippen molar-refractivity contribution >= 4 is 10.0 Å². The van der Waals surface area contributed by atoms with Gasteiger partial charge in [-0.1, -0.05) is 38.8 Å². The molecule has 0 amide bonds. The predicted octanol–water partition coefficient (Wildman–Crippen LogP) is 2.66. The lowest BCUT2D eigenvalue weighted by atomic mass is 10.1. The van der Waals surface area contributed by atoms with Crippen LogP contribution < -0.4 is 4.72 Å². The largest absolute Gasteiger partial charge is 0.241 e. The minimum Gasteiger partial charge on any atom is -0.211 e. The van der Waals surface area contributed by atoms with Gasteiger partial charge in [-0.05, 0) is 24.5 Å². The zero-order valence-corrected chi connectivity index (χ0v) is 12.2. The molecule has 1 rings (SSSR count). The Bertz CT molecular complexity index is 545. The summed E-state index contributed by atoms with van der Waals surface area (Å²) in [5, 5.41) is 8.91. The minimum atomic E-state index is -3.58. The van der Waals surface area contributed by atoms with Gasteiger partial charge in [-0.2, -0.15) is 5.26 Å². The lowest BCUT2D eigenvalue weighted by Crippen LogP contribution is -2.25. The Morgan fingerprint density at radius 3 is 2.58 bits per heavy atom. The van der Waals surface area contributed by atoms with E-state index in [4.69, 9.17) is 5.26 Å². The van der Waals surface area contributed by atoms with Crippen LogP contribution in [0.3, 0.4) is 0 Å². The second kappa shape index (κ2) is 7.27. The van der Waals surface area contributed by atoms with Crippen LogP contribution in [0, 0.1) is 17.2 Å². The van der Waals surface area contributed by atoms with Gasteiger partial charge in [0.1, 0.15) is 6.07 Å². The van der Waals surface area contributed by atoms with Gasteiger partial charge in [-0.25, -0.2) is 13.1 Å². The third-order valence-electron chi connectivity index (χ3n) is 2.80. The normalized spacial score (nSPS) is 11.5. The van der Waals surface area contributed by atoms with E-state index in [0.29, 0.717) is 12.5 Å². The minimum absolute atomic E-state index is 0.0568.